The SMILES string of the molecule is CCCC(NC(C)(C)C)(C(=O)O)c1ccccc1. The Balaban J connectivity index is 3.26. The highest BCUT2D eigenvalue weighted by Gasteiger charge is 2.41. The van der Waals surface area contributed by atoms with E-state index in [4.69, 9.17) is 0 Å². The number of hydrogen-bond acceptors (Lipinski definition) is 2. The van der Waals surface area contributed by atoms with Crippen LogP contribution < -0.4 is 5.32 Å². The van der Waals surface area contributed by atoms with Gasteiger partial charge in [0.25, 0.3) is 0 Å². The third kappa shape index (κ3) is 3.33. The van der Waals surface area contributed by atoms with Gasteiger partial charge < -0.3 is 5.11 Å². The second kappa shape index (κ2) is 5.53. The third-order valence-corrected chi connectivity index (χ3v) is 2.85. The van der Waals surface area contributed by atoms with Gasteiger partial charge in [-0.05, 0) is 32.8 Å². The maximum atomic E-state index is 11.8. The van der Waals surface area contributed by atoms with Crippen LogP contribution in [0.5, 0.6) is 0 Å². The summed E-state index contributed by atoms with van der Waals surface area (Å²) in [6.45, 7) is 7.97. The normalized spacial score (nSPS) is 15.1. The molecular formula is C15H23NO2. The van der Waals surface area contributed by atoms with E-state index in [9.17, 15) is 9.90 Å². The van der Waals surface area contributed by atoms with Crippen LogP contribution in [0.3, 0.4) is 0 Å². The third-order valence-electron chi connectivity index (χ3n) is 2.85. The average Bonchev–Trinajstić information content (AvgIpc) is 2.27. The number of carbonyl (C=O) groups is 1. The number of rotatable bonds is 5. The van der Waals surface area contributed by atoms with Crippen LogP contribution >= 0.6 is 0 Å². The van der Waals surface area contributed by atoms with Crippen molar-refractivity contribution in [2.45, 2.75) is 51.6 Å². The molecule has 0 aliphatic heterocycles. The summed E-state index contributed by atoms with van der Waals surface area (Å²) in [6, 6.07) is 9.42. The number of aliphatic carboxylic acids is 1. The maximum absolute atomic E-state index is 11.8. The molecular weight excluding hydrogens is 226 g/mol. The Bertz CT molecular complexity index is 395. The zero-order chi connectivity index (χ0) is 13.8. The number of hydrogen-bond donors (Lipinski definition) is 2. The van der Waals surface area contributed by atoms with E-state index < -0.39 is 11.5 Å². The second-order valence-corrected chi connectivity index (χ2v) is 5.70. The Morgan fingerprint density at radius 2 is 1.78 bits per heavy atom. The molecule has 0 aliphatic rings. The minimum atomic E-state index is -1.01. The number of carboxylic acid groups (broad SMARTS) is 1. The lowest BCUT2D eigenvalue weighted by molar-refractivity contribution is -0.146. The van der Waals surface area contributed by atoms with Gasteiger partial charge in [-0.1, -0.05) is 43.7 Å². The fraction of sp³-hybridized carbons (Fsp3) is 0.533. The highest BCUT2D eigenvalue weighted by Crippen LogP contribution is 2.29. The van der Waals surface area contributed by atoms with E-state index in [1.807, 2.05) is 58.0 Å². The standard InChI is InChI=1S/C15H23NO2/c1-5-11-15(13(17)18,16-14(2,3)4)12-9-7-6-8-10-12/h6-10,16H,5,11H2,1-4H3,(H,17,18). The molecule has 1 unspecified atom stereocenters. The summed E-state index contributed by atoms with van der Waals surface area (Å²) < 4.78 is 0. The van der Waals surface area contributed by atoms with Crippen molar-refractivity contribution in [3.63, 3.8) is 0 Å². The first-order valence-electron chi connectivity index (χ1n) is 6.40. The van der Waals surface area contributed by atoms with Crippen LogP contribution in [-0.2, 0) is 10.3 Å². The first-order valence-corrected chi connectivity index (χ1v) is 6.40. The smallest absolute Gasteiger partial charge is 0.328 e. The van der Waals surface area contributed by atoms with E-state index in [2.05, 4.69) is 5.32 Å². The molecule has 0 saturated carbocycles. The lowest BCUT2D eigenvalue weighted by atomic mass is 9.83. The average molecular weight is 249 g/mol. The zero-order valence-electron chi connectivity index (χ0n) is 11.7. The minimum absolute atomic E-state index is 0.261. The van der Waals surface area contributed by atoms with E-state index in [1.54, 1.807) is 0 Å². The molecule has 0 saturated heterocycles. The molecule has 0 radical (unpaired) electrons. The van der Waals surface area contributed by atoms with Gasteiger partial charge in [-0.25, -0.2) is 4.79 Å². The van der Waals surface area contributed by atoms with Crippen molar-refractivity contribution in [2.75, 3.05) is 0 Å². The molecule has 3 heteroatoms. The van der Waals surface area contributed by atoms with Crippen LogP contribution in [0.1, 0.15) is 46.1 Å². The molecule has 0 bridgehead atoms. The van der Waals surface area contributed by atoms with Crippen molar-refractivity contribution in [3.8, 4) is 0 Å². The Labute approximate surface area is 109 Å². The van der Waals surface area contributed by atoms with E-state index in [-0.39, 0.29) is 5.54 Å². The van der Waals surface area contributed by atoms with Gasteiger partial charge in [-0.15, -0.1) is 0 Å². The summed E-state index contributed by atoms with van der Waals surface area (Å²) in [5, 5.41) is 13.0. The Hall–Kier alpha value is -1.35. The van der Waals surface area contributed by atoms with Gasteiger partial charge in [0.15, 0.2) is 0 Å². The lowest BCUT2D eigenvalue weighted by Gasteiger charge is -2.37. The predicted molar refractivity (Wildman–Crippen MR) is 73.6 cm³/mol. The van der Waals surface area contributed by atoms with E-state index in [0.717, 1.165) is 12.0 Å². The Morgan fingerprint density at radius 3 is 2.17 bits per heavy atom. The summed E-state index contributed by atoms with van der Waals surface area (Å²) in [6.07, 6.45) is 1.38. The Morgan fingerprint density at radius 1 is 1.22 bits per heavy atom. The molecule has 0 heterocycles. The van der Waals surface area contributed by atoms with Crippen LogP contribution in [-0.4, -0.2) is 16.6 Å². The second-order valence-electron chi connectivity index (χ2n) is 5.70. The van der Waals surface area contributed by atoms with Crippen LogP contribution in [0.4, 0.5) is 0 Å². The minimum Gasteiger partial charge on any atom is -0.480 e. The molecule has 0 spiro atoms. The fourth-order valence-electron chi connectivity index (χ4n) is 2.30. The van der Waals surface area contributed by atoms with Gasteiger partial charge in [-0.2, -0.15) is 0 Å². The largest absolute Gasteiger partial charge is 0.480 e. The van der Waals surface area contributed by atoms with E-state index in [1.165, 1.54) is 0 Å². The van der Waals surface area contributed by atoms with Crippen LogP contribution in [0.25, 0.3) is 0 Å². The Kier molecular flexibility index (Phi) is 4.52. The van der Waals surface area contributed by atoms with Gasteiger partial charge >= 0.3 is 5.97 Å². The van der Waals surface area contributed by atoms with Crippen molar-refractivity contribution in [3.05, 3.63) is 35.9 Å². The summed E-state index contributed by atoms with van der Waals surface area (Å²) in [5.74, 6) is -0.814. The van der Waals surface area contributed by atoms with Crippen LogP contribution in [0.2, 0.25) is 0 Å². The van der Waals surface area contributed by atoms with Crippen LogP contribution in [0, 0.1) is 0 Å². The molecule has 1 aromatic rings. The summed E-state index contributed by atoms with van der Waals surface area (Å²) in [5.41, 5.74) is -0.452. The van der Waals surface area contributed by atoms with Gasteiger partial charge in [0.2, 0.25) is 0 Å². The molecule has 1 atom stereocenters. The maximum Gasteiger partial charge on any atom is 0.328 e. The van der Waals surface area contributed by atoms with Gasteiger partial charge in [0, 0.05) is 5.54 Å². The van der Waals surface area contributed by atoms with Crippen molar-refractivity contribution < 1.29 is 9.90 Å². The van der Waals surface area contributed by atoms with E-state index >= 15 is 0 Å². The molecule has 2 N–H and O–H groups in total. The first-order chi connectivity index (χ1) is 8.32. The van der Waals surface area contributed by atoms with E-state index in [0.29, 0.717) is 6.42 Å². The molecule has 0 aromatic heterocycles. The van der Waals surface area contributed by atoms with Gasteiger partial charge in [0.05, 0.1) is 0 Å². The van der Waals surface area contributed by atoms with Crippen molar-refractivity contribution in [1.82, 2.24) is 5.32 Å². The van der Waals surface area contributed by atoms with Crippen LogP contribution in [0.15, 0.2) is 30.3 Å². The molecule has 18 heavy (non-hydrogen) atoms. The summed E-state index contributed by atoms with van der Waals surface area (Å²) in [4.78, 5) is 11.8. The number of benzene rings is 1. The van der Waals surface area contributed by atoms with Crippen molar-refractivity contribution in [1.29, 1.82) is 0 Å². The molecule has 0 aliphatic carbocycles. The van der Waals surface area contributed by atoms with Crippen molar-refractivity contribution in [2.24, 2.45) is 0 Å². The van der Waals surface area contributed by atoms with Gasteiger partial charge in [0.1, 0.15) is 5.54 Å². The van der Waals surface area contributed by atoms with Gasteiger partial charge in [-0.3, -0.25) is 5.32 Å². The molecule has 100 valence electrons. The zero-order valence-corrected chi connectivity index (χ0v) is 11.7. The van der Waals surface area contributed by atoms with Crippen molar-refractivity contribution >= 4 is 5.97 Å². The molecule has 1 rings (SSSR count). The lowest BCUT2D eigenvalue weighted by Crippen LogP contribution is -2.56. The fourth-order valence-corrected chi connectivity index (χ4v) is 2.30. The number of nitrogens with one attached hydrogen (secondary N) is 1. The topological polar surface area (TPSA) is 49.3 Å². The highest BCUT2D eigenvalue weighted by atomic mass is 16.4. The molecule has 0 amide bonds. The molecule has 0 fully saturated rings. The molecule has 1 aromatic carbocycles. The molecule has 3 nitrogen and oxygen atoms in total. The quantitative estimate of drug-likeness (QED) is 0.842. The number of carboxylic acids is 1. The summed E-state index contributed by atoms with van der Waals surface area (Å²) >= 11 is 0. The predicted octanol–water partition coefficient (Wildman–Crippen LogP) is 3.15. The monoisotopic (exact) mass is 249 g/mol. The first kappa shape index (κ1) is 14.7. The highest BCUT2D eigenvalue weighted by molar-refractivity contribution is 5.81. The summed E-state index contributed by atoms with van der Waals surface area (Å²) in [7, 11) is 0.